The minimum Gasteiger partial charge on any atom is -0.460 e. The molecule has 7 nitrogen and oxygen atoms in total. The van der Waals surface area contributed by atoms with Gasteiger partial charge in [-0.05, 0) is 44.2 Å². The lowest BCUT2D eigenvalue weighted by Gasteiger charge is -2.44. The summed E-state index contributed by atoms with van der Waals surface area (Å²) in [6.45, 7) is 3.85. The molecular formula is C27H25ClN4O3. The summed E-state index contributed by atoms with van der Waals surface area (Å²) in [4.78, 5) is 30.0. The van der Waals surface area contributed by atoms with Gasteiger partial charge in [0.15, 0.2) is 5.66 Å². The second kappa shape index (κ2) is 8.74. The summed E-state index contributed by atoms with van der Waals surface area (Å²) in [6.07, 6.45) is 0. The molecule has 3 aromatic carbocycles. The zero-order valence-corrected chi connectivity index (χ0v) is 20.5. The first-order valence-corrected chi connectivity index (χ1v) is 11.8. The first-order chi connectivity index (χ1) is 16.9. The van der Waals surface area contributed by atoms with Gasteiger partial charge in [-0.2, -0.15) is 0 Å². The normalized spacial score (nSPS) is 19.1. The summed E-state index contributed by atoms with van der Waals surface area (Å²) in [7, 11) is 1.73. The fourth-order valence-corrected chi connectivity index (χ4v) is 4.95. The van der Waals surface area contributed by atoms with Crippen molar-refractivity contribution in [3.63, 3.8) is 0 Å². The number of rotatable bonds is 4. The summed E-state index contributed by atoms with van der Waals surface area (Å²) >= 11 is 6.55. The highest BCUT2D eigenvalue weighted by molar-refractivity contribution is 6.37. The maximum atomic E-state index is 13.4. The monoisotopic (exact) mass is 488 g/mol. The molecule has 35 heavy (non-hydrogen) atoms. The molecule has 5 rings (SSSR count). The van der Waals surface area contributed by atoms with E-state index in [0.29, 0.717) is 10.7 Å². The Morgan fingerprint density at radius 1 is 1.09 bits per heavy atom. The lowest BCUT2D eigenvalue weighted by molar-refractivity contribution is -0.136. The van der Waals surface area contributed by atoms with Crippen LogP contribution in [0.3, 0.4) is 0 Å². The summed E-state index contributed by atoms with van der Waals surface area (Å²) in [5, 5.41) is 7.13. The number of nitrogens with zero attached hydrogens (tertiary/aromatic N) is 4. The zero-order valence-electron chi connectivity index (χ0n) is 19.7. The van der Waals surface area contributed by atoms with E-state index >= 15 is 0 Å². The van der Waals surface area contributed by atoms with Crippen molar-refractivity contribution in [2.75, 3.05) is 30.1 Å². The van der Waals surface area contributed by atoms with Gasteiger partial charge in [0.25, 0.3) is 0 Å². The standard InChI is InChI=1S/C27H25ClN4O3/c1-4-35-26(34)25-29-32(21-13-10-18(2)11-14-21)27(19-8-6-5-7-9-19)22-16-20(28)12-15-23(22)30(3)24(33)17-31(25)27/h5-16H,4,17H2,1-3H3. The van der Waals surface area contributed by atoms with E-state index in [0.717, 1.165) is 22.4 Å². The number of benzene rings is 3. The molecular weight excluding hydrogens is 464 g/mol. The number of hydrazone groups is 1. The van der Waals surface area contributed by atoms with Gasteiger partial charge in [-0.25, -0.2) is 9.80 Å². The SMILES string of the molecule is CCOC(=O)C1=NN(c2ccc(C)cc2)C2(c3ccccc3)c3cc(Cl)ccc3N(C)C(=O)CN12. The first kappa shape index (κ1) is 22.9. The van der Waals surface area contributed by atoms with Crippen LogP contribution in [-0.2, 0) is 20.0 Å². The van der Waals surface area contributed by atoms with Crippen LogP contribution in [0.15, 0.2) is 77.9 Å². The summed E-state index contributed by atoms with van der Waals surface area (Å²) < 4.78 is 5.38. The van der Waals surface area contributed by atoms with Crippen molar-refractivity contribution in [1.82, 2.24) is 4.90 Å². The maximum absolute atomic E-state index is 13.4. The van der Waals surface area contributed by atoms with Gasteiger partial charge in [0, 0.05) is 23.2 Å². The number of fused-ring (bicyclic) bond motifs is 3. The summed E-state index contributed by atoms with van der Waals surface area (Å²) in [6, 6.07) is 23.1. The van der Waals surface area contributed by atoms with Crippen molar-refractivity contribution in [3.8, 4) is 0 Å². The fourth-order valence-electron chi connectivity index (χ4n) is 4.77. The van der Waals surface area contributed by atoms with Crippen LogP contribution < -0.4 is 9.91 Å². The maximum Gasteiger partial charge on any atom is 0.376 e. The molecule has 2 aliphatic heterocycles. The van der Waals surface area contributed by atoms with E-state index in [1.54, 1.807) is 34.8 Å². The molecule has 2 heterocycles. The molecule has 0 N–H and O–H groups in total. The van der Waals surface area contributed by atoms with Crippen LogP contribution in [0.5, 0.6) is 0 Å². The molecule has 0 bridgehead atoms. The second-order valence-electron chi connectivity index (χ2n) is 8.53. The van der Waals surface area contributed by atoms with E-state index in [1.807, 2.05) is 73.7 Å². The van der Waals surface area contributed by atoms with Crippen LogP contribution in [0.2, 0.25) is 5.02 Å². The van der Waals surface area contributed by atoms with Crippen molar-refractivity contribution in [1.29, 1.82) is 0 Å². The number of ether oxygens (including phenoxy) is 1. The van der Waals surface area contributed by atoms with Crippen LogP contribution in [0.1, 0.15) is 23.6 Å². The quantitative estimate of drug-likeness (QED) is 0.505. The minimum absolute atomic E-state index is 0.0610. The third-order valence-electron chi connectivity index (χ3n) is 6.42. The molecule has 3 aromatic rings. The number of likely N-dealkylation sites (N-methyl/N-ethyl adjacent to an activating group) is 1. The largest absolute Gasteiger partial charge is 0.460 e. The van der Waals surface area contributed by atoms with E-state index in [4.69, 9.17) is 21.4 Å². The minimum atomic E-state index is -1.17. The fraction of sp³-hybridized carbons (Fsp3) is 0.222. The highest BCUT2D eigenvalue weighted by Crippen LogP contribution is 2.51. The topological polar surface area (TPSA) is 65.5 Å². The Morgan fingerprint density at radius 3 is 2.49 bits per heavy atom. The number of amidine groups is 1. The predicted octanol–water partition coefficient (Wildman–Crippen LogP) is 4.52. The number of anilines is 2. The van der Waals surface area contributed by atoms with E-state index in [-0.39, 0.29) is 24.9 Å². The molecule has 0 radical (unpaired) electrons. The first-order valence-electron chi connectivity index (χ1n) is 11.4. The molecule has 178 valence electrons. The van der Waals surface area contributed by atoms with E-state index in [1.165, 1.54) is 0 Å². The molecule has 1 atom stereocenters. The predicted molar refractivity (Wildman–Crippen MR) is 137 cm³/mol. The molecule has 0 fully saturated rings. The Balaban J connectivity index is 1.90. The van der Waals surface area contributed by atoms with Crippen LogP contribution in [-0.4, -0.2) is 42.8 Å². The molecule has 0 saturated carbocycles. The summed E-state index contributed by atoms with van der Waals surface area (Å²) in [5.74, 6) is -0.719. The van der Waals surface area contributed by atoms with Crippen LogP contribution in [0.4, 0.5) is 11.4 Å². The molecule has 0 spiro atoms. The number of hydrogen-bond donors (Lipinski definition) is 0. The average Bonchev–Trinajstić information content (AvgIpc) is 3.16. The van der Waals surface area contributed by atoms with Crippen molar-refractivity contribution in [2.45, 2.75) is 19.5 Å². The zero-order chi connectivity index (χ0) is 24.7. The lowest BCUT2D eigenvalue weighted by Crippen LogP contribution is -2.56. The number of aryl methyl sites for hydroxylation is 1. The number of carbonyl (C=O) groups is 2. The molecule has 1 amide bonds. The van der Waals surface area contributed by atoms with Gasteiger partial charge in [-0.1, -0.05) is 59.6 Å². The Labute approximate surface area is 209 Å². The highest BCUT2D eigenvalue weighted by atomic mass is 35.5. The van der Waals surface area contributed by atoms with Gasteiger partial charge in [0.1, 0.15) is 6.54 Å². The van der Waals surface area contributed by atoms with Crippen molar-refractivity contribution < 1.29 is 14.3 Å². The van der Waals surface area contributed by atoms with Gasteiger partial charge < -0.3 is 14.5 Å². The Kier molecular flexibility index (Phi) is 5.73. The number of halogens is 1. The van der Waals surface area contributed by atoms with Crippen LogP contribution in [0.25, 0.3) is 0 Å². The third-order valence-corrected chi connectivity index (χ3v) is 6.66. The molecule has 2 aliphatic rings. The molecule has 0 aromatic heterocycles. The second-order valence-corrected chi connectivity index (χ2v) is 8.97. The Morgan fingerprint density at radius 2 is 1.80 bits per heavy atom. The van der Waals surface area contributed by atoms with Gasteiger partial charge in [-0.3, -0.25) is 4.79 Å². The number of esters is 1. The van der Waals surface area contributed by atoms with Gasteiger partial charge in [-0.15, -0.1) is 5.10 Å². The number of hydrogen-bond acceptors (Lipinski definition) is 6. The highest BCUT2D eigenvalue weighted by Gasteiger charge is 2.57. The van der Waals surface area contributed by atoms with E-state index in [2.05, 4.69) is 0 Å². The molecule has 0 aliphatic carbocycles. The Bertz CT molecular complexity index is 1330. The van der Waals surface area contributed by atoms with E-state index < -0.39 is 11.6 Å². The lowest BCUT2D eigenvalue weighted by atomic mass is 9.87. The van der Waals surface area contributed by atoms with Crippen LogP contribution in [0, 0.1) is 6.92 Å². The number of carbonyl (C=O) groups excluding carboxylic acids is 2. The van der Waals surface area contributed by atoms with Crippen molar-refractivity contribution >= 4 is 40.7 Å². The smallest absolute Gasteiger partial charge is 0.376 e. The van der Waals surface area contributed by atoms with Gasteiger partial charge >= 0.3 is 5.97 Å². The van der Waals surface area contributed by atoms with E-state index in [9.17, 15) is 9.59 Å². The third kappa shape index (κ3) is 3.54. The molecule has 1 unspecified atom stereocenters. The molecule has 8 heteroatoms. The van der Waals surface area contributed by atoms with Crippen molar-refractivity contribution in [3.05, 3.63) is 94.5 Å². The number of amides is 1. The van der Waals surface area contributed by atoms with Gasteiger partial charge in [0.2, 0.25) is 11.7 Å². The van der Waals surface area contributed by atoms with Crippen molar-refractivity contribution in [2.24, 2.45) is 5.10 Å². The van der Waals surface area contributed by atoms with Gasteiger partial charge in [0.05, 0.1) is 18.0 Å². The van der Waals surface area contributed by atoms with Crippen LogP contribution >= 0.6 is 11.6 Å². The Hall–Kier alpha value is -3.84. The summed E-state index contributed by atoms with van der Waals surface area (Å²) in [5.41, 5.74) is 2.92. The average molecular weight is 489 g/mol. The molecule has 0 saturated heterocycles.